The predicted molar refractivity (Wildman–Crippen MR) is 160 cm³/mol. The minimum absolute atomic E-state index is 0.758. The third-order valence-corrected chi connectivity index (χ3v) is 7.91. The van der Waals surface area contributed by atoms with Crippen LogP contribution in [0.3, 0.4) is 0 Å². The Morgan fingerprint density at radius 3 is 2.58 bits per heavy atom. The number of aryl methyl sites for hydroxylation is 1. The summed E-state index contributed by atoms with van der Waals surface area (Å²) in [5, 5.41) is 1.04. The molecule has 1 saturated carbocycles. The molecule has 1 aliphatic rings. The van der Waals surface area contributed by atoms with Gasteiger partial charge in [0, 0.05) is 35.9 Å². The molecule has 0 aliphatic heterocycles. The Bertz CT molecular complexity index is 1620. The third-order valence-electron chi connectivity index (χ3n) is 7.91. The molecular weight excluding hydrogens is 464 g/mol. The number of aromatic nitrogens is 3. The van der Waals surface area contributed by atoms with Gasteiger partial charge in [-0.1, -0.05) is 72.8 Å². The molecule has 0 radical (unpaired) electrons. The fourth-order valence-electron chi connectivity index (χ4n) is 5.46. The number of nitrogens with zero attached hydrogens (tertiary/aromatic N) is 3. The lowest BCUT2D eigenvalue weighted by Crippen LogP contribution is -2.21. The number of hydrogen-bond donors (Lipinski definition) is 1. The lowest BCUT2D eigenvalue weighted by atomic mass is 9.98. The summed E-state index contributed by atoms with van der Waals surface area (Å²) in [4.78, 5) is 15.1. The van der Waals surface area contributed by atoms with Crippen molar-refractivity contribution in [3.8, 4) is 22.5 Å². The normalized spacial score (nSPS) is 13.1. The average Bonchev–Trinajstić information content (AvgIpc) is 3.70. The van der Waals surface area contributed by atoms with Crippen LogP contribution in [0.15, 0.2) is 79.6 Å². The molecule has 6 rings (SSSR count). The van der Waals surface area contributed by atoms with E-state index in [0.717, 1.165) is 52.4 Å². The van der Waals surface area contributed by atoms with Crippen molar-refractivity contribution in [2.75, 3.05) is 18.5 Å². The monoisotopic (exact) mass is 498 g/mol. The second kappa shape index (κ2) is 9.94. The molecule has 1 N–H and O–H groups in total. The maximum atomic E-state index is 4.75. The molecule has 0 spiro atoms. The van der Waals surface area contributed by atoms with E-state index in [2.05, 4.69) is 109 Å². The highest BCUT2D eigenvalue weighted by Crippen LogP contribution is 2.41. The fraction of sp³-hybridized carbons (Fsp3) is 0.235. The molecule has 190 valence electrons. The lowest BCUT2D eigenvalue weighted by molar-refractivity contribution is 0.869. The van der Waals surface area contributed by atoms with Gasteiger partial charge in [-0.25, -0.2) is 9.97 Å². The van der Waals surface area contributed by atoms with Gasteiger partial charge in [0.25, 0.3) is 0 Å². The van der Waals surface area contributed by atoms with Crippen LogP contribution < -0.4 is 4.90 Å². The van der Waals surface area contributed by atoms with Crippen LogP contribution in [0.25, 0.3) is 39.6 Å². The quantitative estimate of drug-likeness (QED) is 0.235. The summed E-state index contributed by atoms with van der Waals surface area (Å²) in [5.41, 5.74) is 13.0. The van der Waals surface area contributed by atoms with Crippen LogP contribution in [0.5, 0.6) is 0 Å². The highest BCUT2D eigenvalue weighted by molar-refractivity contribution is 5.95. The number of nitrogens with one attached hydrogen (secondary N) is 1. The molecule has 2 aromatic heterocycles. The first-order valence-electron chi connectivity index (χ1n) is 13.5. The van der Waals surface area contributed by atoms with Crippen molar-refractivity contribution in [3.63, 3.8) is 0 Å². The highest BCUT2D eigenvalue weighted by Gasteiger charge is 2.24. The first kappa shape index (κ1) is 24.2. The van der Waals surface area contributed by atoms with Crippen molar-refractivity contribution in [1.82, 2.24) is 15.0 Å². The van der Waals surface area contributed by atoms with E-state index >= 15 is 0 Å². The highest BCUT2D eigenvalue weighted by atomic mass is 15.1. The van der Waals surface area contributed by atoms with Crippen molar-refractivity contribution in [1.29, 1.82) is 0 Å². The van der Waals surface area contributed by atoms with Crippen LogP contribution in [0.4, 0.5) is 5.69 Å². The Morgan fingerprint density at radius 2 is 1.82 bits per heavy atom. The molecule has 5 aromatic rings. The molecule has 4 nitrogen and oxygen atoms in total. The molecule has 38 heavy (non-hydrogen) atoms. The summed E-state index contributed by atoms with van der Waals surface area (Å²) >= 11 is 0. The third kappa shape index (κ3) is 4.63. The molecule has 0 unspecified atom stereocenters. The van der Waals surface area contributed by atoms with Crippen LogP contribution in [-0.2, 0) is 6.42 Å². The zero-order chi connectivity index (χ0) is 26.2. The topological polar surface area (TPSA) is 44.8 Å². The molecule has 1 aliphatic carbocycles. The summed E-state index contributed by atoms with van der Waals surface area (Å²) in [6.07, 6.45) is 7.27. The van der Waals surface area contributed by atoms with E-state index in [0.29, 0.717) is 0 Å². The van der Waals surface area contributed by atoms with Crippen LogP contribution in [0.1, 0.15) is 46.6 Å². The number of anilines is 1. The van der Waals surface area contributed by atoms with Gasteiger partial charge in [-0.15, -0.1) is 0 Å². The Balaban J connectivity index is 1.29. The summed E-state index contributed by atoms with van der Waals surface area (Å²) in [6.45, 7) is 9.28. The molecule has 3 aromatic carbocycles. The van der Waals surface area contributed by atoms with Gasteiger partial charge in [0.1, 0.15) is 12.0 Å². The zero-order valence-electron chi connectivity index (χ0n) is 22.5. The van der Waals surface area contributed by atoms with Crippen molar-refractivity contribution < 1.29 is 0 Å². The number of fused-ring (bicyclic) bond motifs is 1. The molecule has 0 bridgehead atoms. The van der Waals surface area contributed by atoms with Gasteiger partial charge in [-0.05, 0) is 79.0 Å². The Morgan fingerprint density at radius 1 is 1.00 bits per heavy atom. The second-order valence-electron chi connectivity index (χ2n) is 10.6. The van der Waals surface area contributed by atoms with Gasteiger partial charge in [-0.2, -0.15) is 0 Å². The number of H-pyrrole nitrogens is 1. The Kier molecular flexibility index (Phi) is 6.32. The van der Waals surface area contributed by atoms with Gasteiger partial charge < -0.3 is 9.88 Å². The van der Waals surface area contributed by atoms with Crippen molar-refractivity contribution >= 4 is 22.8 Å². The second-order valence-corrected chi connectivity index (χ2v) is 10.6. The first-order chi connectivity index (χ1) is 18.5. The van der Waals surface area contributed by atoms with Crippen LogP contribution in [-0.4, -0.2) is 28.5 Å². The van der Waals surface area contributed by atoms with Gasteiger partial charge in [0.15, 0.2) is 0 Å². The maximum absolute atomic E-state index is 4.75. The summed E-state index contributed by atoms with van der Waals surface area (Å²) in [5.74, 6) is 0.758. The number of aromatic amines is 1. The molecule has 4 heteroatoms. The minimum Gasteiger partial charge on any atom is -0.374 e. The average molecular weight is 499 g/mol. The zero-order valence-corrected chi connectivity index (χ0v) is 22.5. The molecule has 1 fully saturated rings. The summed E-state index contributed by atoms with van der Waals surface area (Å²) in [7, 11) is 2.19. The number of rotatable bonds is 8. The van der Waals surface area contributed by atoms with Gasteiger partial charge in [-0.3, -0.25) is 0 Å². The number of likely N-dealkylation sites (N-methyl/N-ethyl adjacent to an activating group) is 1. The van der Waals surface area contributed by atoms with Gasteiger partial charge >= 0.3 is 0 Å². The molecule has 0 atom stereocenters. The Labute approximate surface area is 225 Å². The SMILES string of the molecule is C=Cc1ccc(C2CC2)cc1CCN(C)c1cccc(-c2ncnc3[nH]c(-c4ccc(C)cc4)cc23)c1C. The van der Waals surface area contributed by atoms with Crippen molar-refractivity contribution in [2.24, 2.45) is 0 Å². The standard InChI is InChI=1S/C34H34N4/c1-5-24-13-16-27(25-14-15-25)19-28(24)17-18-38(4)32-8-6-7-29(23(32)3)33-30-20-31(37-34(30)36-21-35-33)26-11-9-22(2)10-12-26/h5-13,16,19-21,25H,1,14-15,17-18H2,2-4H3,(H,35,36,37). The summed E-state index contributed by atoms with van der Waals surface area (Å²) < 4.78 is 0. The van der Waals surface area contributed by atoms with Crippen LogP contribution in [0.2, 0.25) is 0 Å². The van der Waals surface area contributed by atoms with E-state index in [1.807, 2.05) is 6.08 Å². The summed E-state index contributed by atoms with van der Waals surface area (Å²) in [6, 6.07) is 24.2. The first-order valence-corrected chi connectivity index (χ1v) is 13.5. The molecule has 2 heterocycles. The minimum atomic E-state index is 0.758. The molecule has 0 amide bonds. The van der Waals surface area contributed by atoms with E-state index in [1.165, 1.54) is 46.3 Å². The van der Waals surface area contributed by atoms with E-state index in [4.69, 9.17) is 4.98 Å². The van der Waals surface area contributed by atoms with Crippen molar-refractivity contribution in [3.05, 3.63) is 107 Å². The fourth-order valence-corrected chi connectivity index (χ4v) is 5.46. The number of hydrogen-bond acceptors (Lipinski definition) is 3. The van der Waals surface area contributed by atoms with E-state index in [9.17, 15) is 0 Å². The number of benzene rings is 3. The largest absolute Gasteiger partial charge is 0.374 e. The van der Waals surface area contributed by atoms with Gasteiger partial charge in [0.2, 0.25) is 0 Å². The smallest absolute Gasteiger partial charge is 0.141 e. The van der Waals surface area contributed by atoms with Gasteiger partial charge in [0.05, 0.1) is 5.69 Å². The lowest BCUT2D eigenvalue weighted by Gasteiger charge is -2.23. The van der Waals surface area contributed by atoms with Crippen LogP contribution >= 0.6 is 0 Å². The van der Waals surface area contributed by atoms with E-state index in [1.54, 1.807) is 6.33 Å². The maximum Gasteiger partial charge on any atom is 0.141 e. The Hall–Kier alpha value is -4.18. The predicted octanol–water partition coefficient (Wildman–Crippen LogP) is 8.11. The van der Waals surface area contributed by atoms with Crippen molar-refractivity contribution in [2.45, 2.75) is 39.0 Å². The van der Waals surface area contributed by atoms with Crippen LogP contribution in [0, 0.1) is 13.8 Å². The molecular formula is C34H34N4. The molecule has 0 saturated heterocycles. The van der Waals surface area contributed by atoms with E-state index in [-0.39, 0.29) is 0 Å². The van der Waals surface area contributed by atoms with E-state index < -0.39 is 0 Å².